The van der Waals surface area contributed by atoms with E-state index in [0.717, 1.165) is 23.6 Å². The Balaban J connectivity index is 1.46. The summed E-state index contributed by atoms with van der Waals surface area (Å²) in [6.45, 7) is 3.68. The van der Waals surface area contributed by atoms with Crippen molar-refractivity contribution in [1.82, 2.24) is 14.9 Å². The van der Waals surface area contributed by atoms with Crippen molar-refractivity contribution >= 4 is 29.3 Å². The maximum absolute atomic E-state index is 13.1. The lowest BCUT2D eigenvalue weighted by molar-refractivity contribution is 0.131. The van der Waals surface area contributed by atoms with Crippen LogP contribution in [0, 0.1) is 5.82 Å². The molecule has 1 fully saturated rings. The van der Waals surface area contributed by atoms with Crippen LogP contribution in [0.15, 0.2) is 30.6 Å². The summed E-state index contributed by atoms with van der Waals surface area (Å²) in [5.74, 6) is 0.0152. The number of rotatable bonds is 1. The van der Waals surface area contributed by atoms with Crippen molar-refractivity contribution in [1.29, 1.82) is 0 Å². The van der Waals surface area contributed by atoms with Gasteiger partial charge in [0.25, 0.3) is 0 Å². The highest BCUT2D eigenvalue weighted by Gasteiger charge is 2.29. The van der Waals surface area contributed by atoms with Crippen LogP contribution in [0.2, 0.25) is 5.02 Å². The molecule has 0 unspecified atom stereocenters. The zero-order valence-corrected chi connectivity index (χ0v) is 15.4. The number of hydrogen-bond acceptors (Lipinski definition) is 5. The molecule has 0 aliphatic carbocycles. The number of amides is 2. The van der Waals surface area contributed by atoms with Gasteiger partial charge in [0.2, 0.25) is 5.95 Å². The first-order valence-corrected chi connectivity index (χ1v) is 9.15. The fourth-order valence-corrected chi connectivity index (χ4v) is 3.52. The number of carbonyl (C=O) groups excluding carboxylic acids is 1. The molecule has 0 atom stereocenters. The Kier molecular flexibility index (Phi) is 5.09. The first kappa shape index (κ1) is 17.9. The van der Waals surface area contributed by atoms with Gasteiger partial charge >= 0.3 is 6.03 Å². The van der Waals surface area contributed by atoms with Crippen molar-refractivity contribution in [3.05, 3.63) is 47.0 Å². The molecule has 9 heteroatoms. The average Bonchev–Trinajstić information content (AvgIpc) is 2.90. The van der Waals surface area contributed by atoms with Gasteiger partial charge in [0.05, 0.1) is 37.8 Å². The molecule has 7 nitrogen and oxygen atoms in total. The van der Waals surface area contributed by atoms with Crippen LogP contribution in [0.1, 0.15) is 5.56 Å². The van der Waals surface area contributed by atoms with E-state index in [1.165, 1.54) is 0 Å². The molecule has 27 heavy (non-hydrogen) atoms. The molecular formula is C18H19ClFN5O2. The number of fused-ring (bicyclic) bond motifs is 1. The molecular weight excluding hydrogens is 373 g/mol. The van der Waals surface area contributed by atoms with E-state index in [1.807, 2.05) is 21.9 Å². The molecule has 0 bridgehead atoms. The number of urea groups is 1. The van der Waals surface area contributed by atoms with Gasteiger partial charge < -0.3 is 14.5 Å². The topological polar surface area (TPSA) is 61.8 Å². The molecule has 1 aromatic heterocycles. The van der Waals surface area contributed by atoms with Gasteiger partial charge in [0, 0.05) is 36.8 Å². The van der Waals surface area contributed by atoms with Gasteiger partial charge in [-0.1, -0.05) is 11.6 Å². The summed E-state index contributed by atoms with van der Waals surface area (Å²) in [6, 6.07) is 5.44. The van der Waals surface area contributed by atoms with Crippen molar-refractivity contribution in [3.63, 3.8) is 0 Å². The van der Waals surface area contributed by atoms with E-state index in [2.05, 4.69) is 9.97 Å². The number of nitrogens with zero attached hydrogens (tertiary/aromatic N) is 5. The molecule has 2 aromatic rings. The van der Waals surface area contributed by atoms with E-state index in [0.29, 0.717) is 56.9 Å². The van der Waals surface area contributed by atoms with Crippen molar-refractivity contribution in [2.75, 3.05) is 49.1 Å². The van der Waals surface area contributed by atoms with E-state index >= 15 is 0 Å². The number of halogens is 2. The van der Waals surface area contributed by atoms with Crippen LogP contribution in [0.3, 0.4) is 0 Å². The van der Waals surface area contributed by atoms with E-state index in [-0.39, 0.29) is 6.03 Å². The monoisotopic (exact) mass is 391 g/mol. The lowest BCUT2D eigenvalue weighted by Crippen LogP contribution is -2.53. The van der Waals surface area contributed by atoms with E-state index in [9.17, 15) is 9.18 Å². The van der Waals surface area contributed by atoms with Crippen LogP contribution < -0.4 is 9.80 Å². The second-order valence-corrected chi connectivity index (χ2v) is 6.87. The van der Waals surface area contributed by atoms with Crippen molar-refractivity contribution in [3.8, 4) is 0 Å². The second-order valence-electron chi connectivity index (χ2n) is 6.44. The number of anilines is 2. The Hall–Kier alpha value is -2.45. The third-order valence-corrected chi connectivity index (χ3v) is 4.95. The Morgan fingerprint density at radius 1 is 1.11 bits per heavy atom. The Morgan fingerprint density at radius 3 is 2.59 bits per heavy atom. The largest absolute Gasteiger partial charge is 0.375 e. The molecule has 0 N–H and O–H groups in total. The summed E-state index contributed by atoms with van der Waals surface area (Å²) < 4.78 is 18.6. The molecule has 2 aliphatic heterocycles. The molecule has 1 saturated heterocycles. The van der Waals surface area contributed by atoms with Crippen molar-refractivity contribution in [2.24, 2.45) is 0 Å². The van der Waals surface area contributed by atoms with Gasteiger partial charge in [0.15, 0.2) is 5.82 Å². The zero-order chi connectivity index (χ0) is 18.8. The lowest BCUT2D eigenvalue weighted by atomic mass is 10.1. The third kappa shape index (κ3) is 3.81. The van der Waals surface area contributed by atoms with Crippen LogP contribution in [0.25, 0.3) is 0 Å². The van der Waals surface area contributed by atoms with Gasteiger partial charge in [-0.25, -0.2) is 19.2 Å². The molecule has 142 valence electrons. The number of carbonyl (C=O) groups is 1. The van der Waals surface area contributed by atoms with E-state index in [1.54, 1.807) is 11.0 Å². The summed E-state index contributed by atoms with van der Waals surface area (Å²) in [5, 5.41) is 0.625. The van der Waals surface area contributed by atoms with Gasteiger partial charge in [-0.05, 0) is 18.2 Å². The van der Waals surface area contributed by atoms with Crippen LogP contribution in [0.5, 0.6) is 0 Å². The van der Waals surface area contributed by atoms with Gasteiger partial charge in [-0.2, -0.15) is 0 Å². The molecule has 0 saturated carbocycles. The molecule has 3 heterocycles. The van der Waals surface area contributed by atoms with Crippen LogP contribution in [-0.4, -0.2) is 60.2 Å². The quantitative estimate of drug-likeness (QED) is 0.747. The molecule has 2 aliphatic rings. The summed E-state index contributed by atoms with van der Waals surface area (Å²) in [5.41, 5.74) is 1.75. The number of aromatic nitrogens is 2. The number of hydrogen-bond donors (Lipinski definition) is 0. The Labute approximate surface area is 161 Å². The Bertz CT molecular complexity index is 827. The summed E-state index contributed by atoms with van der Waals surface area (Å²) in [7, 11) is 0. The van der Waals surface area contributed by atoms with E-state index in [4.69, 9.17) is 16.3 Å². The molecule has 4 rings (SSSR count). The summed E-state index contributed by atoms with van der Waals surface area (Å²) in [6.07, 6.45) is 2.30. The minimum Gasteiger partial charge on any atom is -0.375 e. The Morgan fingerprint density at radius 2 is 1.85 bits per heavy atom. The highest BCUT2D eigenvalue weighted by molar-refractivity contribution is 6.30. The second kappa shape index (κ2) is 7.66. The first-order chi connectivity index (χ1) is 13.1. The average molecular weight is 392 g/mol. The van der Waals surface area contributed by atoms with Crippen LogP contribution >= 0.6 is 11.6 Å². The van der Waals surface area contributed by atoms with Crippen molar-refractivity contribution in [2.45, 2.75) is 6.61 Å². The lowest BCUT2D eigenvalue weighted by Gasteiger charge is -2.37. The van der Waals surface area contributed by atoms with Crippen LogP contribution in [0.4, 0.5) is 20.8 Å². The molecule has 2 amide bonds. The summed E-state index contributed by atoms with van der Waals surface area (Å²) >= 11 is 6.08. The minimum absolute atomic E-state index is 0.0521. The van der Waals surface area contributed by atoms with Gasteiger partial charge in [0.1, 0.15) is 0 Å². The normalized spacial score (nSPS) is 17.5. The van der Waals surface area contributed by atoms with Crippen LogP contribution in [-0.2, 0) is 11.3 Å². The smallest absolute Gasteiger partial charge is 0.324 e. The van der Waals surface area contributed by atoms with E-state index < -0.39 is 5.82 Å². The highest BCUT2D eigenvalue weighted by Crippen LogP contribution is 2.28. The molecule has 0 spiro atoms. The third-order valence-electron chi connectivity index (χ3n) is 4.72. The predicted molar refractivity (Wildman–Crippen MR) is 99.6 cm³/mol. The fraction of sp³-hybridized carbons (Fsp3) is 0.389. The maximum Gasteiger partial charge on any atom is 0.324 e. The zero-order valence-electron chi connectivity index (χ0n) is 14.6. The standard InChI is InChI=1S/C18H19ClFN5O2/c19-14-1-2-16-13(9-14)12-27-8-7-25(16)18(26)24-5-3-23(4-6-24)17-21-10-15(20)11-22-17/h1-2,9-11H,3-8,12H2. The van der Waals surface area contributed by atoms with Crippen molar-refractivity contribution < 1.29 is 13.9 Å². The number of piperazine rings is 1. The predicted octanol–water partition coefficient (Wildman–Crippen LogP) is 2.55. The highest BCUT2D eigenvalue weighted by atomic mass is 35.5. The van der Waals surface area contributed by atoms with Gasteiger partial charge in [-0.15, -0.1) is 0 Å². The number of benzene rings is 1. The number of ether oxygens (including phenoxy) is 1. The molecule has 1 aromatic carbocycles. The minimum atomic E-state index is -0.463. The first-order valence-electron chi connectivity index (χ1n) is 8.77. The summed E-state index contributed by atoms with van der Waals surface area (Å²) in [4.78, 5) is 26.6. The fourth-order valence-electron chi connectivity index (χ4n) is 3.33. The SMILES string of the molecule is O=C(N1CCN(c2ncc(F)cn2)CC1)N1CCOCc2cc(Cl)ccc21. The molecule has 0 radical (unpaired) electrons. The maximum atomic E-state index is 13.1. The van der Waals surface area contributed by atoms with Gasteiger partial charge in [-0.3, -0.25) is 4.90 Å².